The second-order valence-electron chi connectivity index (χ2n) is 4.19. The molecule has 1 N–H and O–H groups in total. The SMILES string of the molecule is CCOc1ccc(CC(=O)N/N=C\c2ccc(I)o2)cc1. The Labute approximate surface area is 136 Å². The monoisotopic (exact) mass is 398 g/mol. The van der Waals surface area contributed by atoms with Crippen LogP contribution >= 0.6 is 22.6 Å². The number of nitrogens with zero attached hydrogens (tertiary/aromatic N) is 1. The number of carbonyl (C=O) groups is 1. The molecule has 0 saturated carbocycles. The highest BCUT2D eigenvalue weighted by molar-refractivity contribution is 14.1. The molecule has 1 aromatic carbocycles. The molecule has 6 heteroatoms. The Hall–Kier alpha value is -1.83. The fraction of sp³-hybridized carbons (Fsp3) is 0.200. The summed E-state index contributed by atoms with van der Waals surface area (Å²) in [6, 6.07) is 11.0. The lowest BCUT2D eigenvalue weighted by atomic mass is 10.1. The minimum absolute atomic E-state index is 0.184. The molecule has 5 nitrogen and oxygen atoms in total. The second kappa shape index (κ2) is 7.82. The van der Waals surface area contributed by atoms with E-state index in [1.165, 1.54) is 6.21 Å². The van der Waals surface area contributed by atoms with Crippen molar-refractivity contribution in [3.8, 4) is 5.75 Å². The molecule has 110 valence electrons. The molecule has 2 rings (SSSR count). The highest BCUT2D eigenvalue weighted by atomic mass is 127. The minimum atomic E-state index is -0.184. The first kappa shape index (κ1) is 15.6. The van der Waals surface area contributed by atoms with Crippen LogP contribution in [0.3, 0.4) is 0 Å². The maximum absolute atomic E-state index is 11.7. The summed E-state index contributed by atoms with van der Waals surface area (Å²) in [6.45, 7) is 2.56. The number of carbonyl (C=O) groups excluding carboxylic acids is 1. The number of rotatable bonds is 6. The van der Waals surface area contributed by atoms with Crippen molar-refractivity contribution in [1.82, 2.24) is 5.43 Å². The fourth-order valence-corrected chi connectivity index (χ4v) is 2.09. The van der Waals surface area contributed by atoms with E-state index < -0.39 is 0 Å². The zero-order chi connectivity index (χ0) is 15.1. The topological polar surface area (TPSA) is 63.8 Å². The van der Waals surface area contributed by atoms with Gasteiger partial charge in [0.05, 0.1) is 19.2 Å². The van der Waals surface area contributed by atoms with Gasteiger partial charge in [-0.2, -0.15) is 5.10 Å². The quantitative estimate of drug-likeness (QED) is 0.462. The molecule has 0 aliphatic rings. The van der Waals surface area contributed by atoms with Crippen molar-refractivity contribution in [3.05, 3.63) is 51.5 Å². The highest BCUT2D eigenvalue weighted by Crippen LogP contribution is 2.12. The third-order valence-corrected chi connectivity index (χ3v) is 3.15. The predicted octanol–water partition coefficient (Wildman–Crippen LogP) is 2.98. The number of furan rings is 1. The summed E-state index contributed by atoms with van der Waals surface area (Å²) in [7, 11) is 0. The lowest BCUT2D eigenvalue weighted by Gasteiger charge is -2.04. The summed E-state index contributed by atoms with van der Waals surface area (Å²) in [5.74, 6) is 1.21. The molecule has 0 bridgehead atoms. The fourth-order valence-electron chi connectivity index (χ4n) is 1.66. The average Bonchev–Trinajstić information content (AvgIpc) is 2.87. The van der Waals surface area contributed by atoms with Crippen LogP contribution in [0.1, 0.15) is 18.2 Å². The molecule has 2 aromatic rings. The van der Waals surface area contributed by atoms with Crippen molar-refractivity contribution in [2.24, 2.45) is 5.10 Å². The van der Waals surface area contributed by atoms with E-state index in [9.17, 15) is 4.79 Å². The lowest BCUT2D eigenvalue weighted by Crippen LogP contribution is -2.19. The second-order valence-corrected chi connectivity index (χ2v) is 5.25. The first-order valence-corrected chi connectivity index (χ1v) is 7.54. The smallest absolute Gasteiger partial charge is 0.244 e. The van der Waals surface area contributed by atoms with Crippen LogP contribution < -0.4 is 10.2 Å². The number of amides is 1. The number of hydrazone groups is 1. The van der Waals surface area contributed by atoms with Crippen molar-refractivity contribution in [2.45, 2.75) is 13.3 Å². The van der Waals surface area contributed by atoms with Gasteiger partial charge >= 0.3 is 0 Å². The van der Waals surface area contributed by atoms with E-state index in [1.54, 1.807) is 6.07 Å². The number of hydrogen-bond acceptors (Lipinski definition) is 4. The van der Waals surface area contributed by atoms with E-state index in [4.69, 9.17) is 9.15 Å². The van der Waals surface area contributed by atoms with Crippen molar-refractivity contribution >= 4 is 34.7 Å². The van der Waals surface area contributed by atoms with Crippen LogP contribution in [0.2, 0.25) is 0 Å². The summed E-state index contributed by atoms with van der Waals surface area (Å²) >= 11 is 2.06. The minimum Gasteiger partial charge on any atom is -0.494 e. The number of hydrogen-bond donors (Lipinski definition) is 1. The zero-order valence-corrected chi connectivity index (χ0v) is 13.7. The summed E-state index contributed by atoms with van der Waals surface area (Å²) in [5, 5.41) is 3.85. The van der Waals surface area contributed by atoms with Crippen LogP contribution in [0, 0.1) is 3.77 Å². The van der Waals surface area contributed by atoms with Crippen LogP contribution in [0.15, 0.2) is 45.9 Å². The number of nitrogens with one attached hydrogen (secondary N) is 1. The van der Waals surface area contributed by atoms with Crippen molar-refractivity contribution in [2.75, 3.05) is 6.61 Å². The normalized spacial score (nSPS) is 10.8. The maximum Gasteiger partial charge on any atom is 0.244 e. The van der Waals surface area contributed by atoms with Gasteiger partial charge in [0.2, 0.25) is 5.91 Å². The molecule has 0 unspecified atom stereocenters. The third kappa shape index (κ3) is 5.22. The van der Waals surface area contributed by atoms with E-state index in [1.807, 2.05) is 37.3 Å². The molecule has 1 amide bonds. The van der Waals surface area contributed by atoms with Gasteiger partial charge in [-0.3, -0.25) is 4.79 Å². The molecule has 1 aromatic heterocycles. The first-order valence-electron chi connectivity index (χ1n) is 6.46. The Morgan fingerprint density at radius 3 is 2.71 bits per heavy atom. The van der Waals surface area contributed by atoms with Crippen LogP contribution in [0.25, 0.3) is 0 Å². The Morgan fingerprint density at radius 2 is 2.10 bits per heavy atom. The van der Waals surface area contributed by atoms with Crippen molar-refractivity contribution in [3.63, 3.8) is 0 Å². The molecule has 0 atom stereocenters. The molecular weight excluding hydrogens is 383 g/mol. The van der Waals surface area contributed by atoms with E-state index in [2.05, 4.69) is 33.1 Å². The van der Waals surface area contributed by atoms with Crippen LogP contribution in [0.4, 0.5) is 0 Å². The van der Waals surface area contributed by atoms with Gasteiger partial charge in [-0.25, -0.2) is 5.43 Å². The first-order chi connectivity index (χ1) is 10.2. The summed E-state index contributed by atoms with van der Waals surface area (Å²) in [5.41, 5.74) is 3.37. The van der Waals surface area contributed by atoms with E-state index in [0.717, 1.165) is 15.1 Å². The van der Waals surface area contributed by atoms with Crippen molar-refractivity contribution in [1.29, 1.82) is 0 Å². The Bertz CT molecular complexity index is 620. The predicted molar refractivity (Wildman–Crippen MR) is 88.5 cm³/mol. The number of benzene rings is 1. The average molecular weight is 398 g/mol. The molecule has 0 saturated heterocycles. The maximum atomic E-state index is 11.7. The van der Waals surface area contributed by atoms with Crippen molar-refractivity contribution < 1.29 is 13.9 Å². The molecule has 0 aliphatic heterocycles. The number of ether oxygens (including phenoxy) is 1. The summed E-state index contributed by atoms with van der Waals surface area (Å²) in [6.07, 6.45) is 1.73. The lowest BCUT2D eigenvalue weighted by molar-refractivity contribution is -0.120. The van der Waals surface area contributed by atoms with Gasteiger partial charge in [-0.05, 0) is 59.3 Å². The van der Waals surface area contributed by atoms with Crippen LogP contribution in [-0.4, -0.2) is 18.7 Å². The third-order valence-electron chi connectivity index (χ3n) is 2.57. The standard InChI is InChI=1S/C15H15IN2O3/c1-2-20-12-5-3-11(4-6-12)9-15(19)18-17-10-13-7-8-14(16)21-13/h3-8,10H,2,9H2,1H3,(H,18,19)/b17-10-. The summed E-state index contributed by atoms with van der Waals surface area (Å²) < 4.78 is 11.4. The molecule has 21 heavy (non-hydrogen) atoms. The van der Waals surface area contributed by atoms with Gasteiger partial charge in [0.1, 0.15) is 11.5 Å². The van der Waals surface area contributed by atoms with Crippen LogP contribution in [-0.2, 0) is 11.2 Å². The van der Waals surface area contributed by atoms with E-state index in [0.29, 0.717) is 12.4 Å². The van der Waals surface area contributed by atoms with Gasteiger partial charge in [0.15, 0.2) is 3.77 Å². The van der Waals surface area contributed by atoms with Gasteiger partial charge in [-0.15, -0.1) is 0 Å². The Morgan fingerprint density at radius 1 is 1.33 bits per heavy atom. The molecule has 0 radical (unpaired) electrons. The molecule has 1 heterocycles. The van der Waals surface area contributed by atoms with Gasteiger partial charge < -0.3 is 9.15 Å². The molecule has 0 aliphatic carbocycles. The van der Waals surface area contributed by atoms with E-state index in [-0.39, 0.29) is 12.3 Å². The van der Waals surface area contributed by atoms with Gasteiger partial charge in [0, 0.05) is 0 Å². The Kier molecular flexibility index (Phi) is 5.79. The Balaban J connectivity index is 1.82. The van der Waals surface area contributed by atoms with Crippen LogP contribution in [0.5, 0.6) is 5.75 Å². The largest absolute Gasteiger partial charge is 0.494 e. The summed E-state index contributed by atoms with van der Waals surface area (Å²) in [4.78, 5) is 11.7. The molecule has 0 fully saturated rings. The number of halogens is 1. The zero-order valence-electron chi connectivity index (χ0n) is 11.5. The van der Waals surface area contributed by atoms with Gasteiger partial charge in [0.25, 0.3) is 0 Å². The van der Waals surface area contributed by atoms with E-state index >= 15 is 0 Å². The highest BCUT2D eigenvalue weighted by Gasteiger charge is 2.03. The van der Waals surface area contributed by atoms with Gasteiger partial charge in [-0.1, -0.05) is 12.1 Å². The molecule has 0 spiro atoms. The molecular formula is C15H15IN2O3.